The van der Waals surface area contributed by atoms with Crippen LogP contribution in [0, 0.1) is 5.82 Å². The molecule has 1 atom stereocenters. The van der Waals surface area contributed by atoms with Crippen LogP contribution in [0.2, 0.25) is 0 Å². The standard InChI is InChI=1S/C17H17FN2O3S2/c1-19-17(21)11-2-5-13(6-3-11)25(22,23)20-15-8-9-24-16-7-4-12(18)10-14(15)16/h2-7,10,15,20H,8-9H2,1H3,(H,19,21)/t15-/m1/s1. The van der Waals surface area contributed by atoms with E-state index in [0.717, 1.165) is 10.6 Å². The fraction of sp³-hybridized carbons (Fsp3) is 0.235. The molecule has 2 N–H and O–H groups in total. The summed E-state index contributed by atoms with van der Waals surface area (Å²) in [6.45, 7) is 0. The van der Waals surface area contributed by atoms with Crippen molar-refractivity contribution < 1.29 is 17.6 Å². The number of amides is 1. The Kier molecular flexibility index (Phi) is 5.12. The maximum Gasteiger partial charge on any atom is 0.251 e. The monoisotopic (exact) mass is 380 g/mol. The lowest BCUT2D eigenvalue weighted by atomic mass is 10.0. The number of thioether (sulfide) groups is 1. The van der Waals surface area contributed by atoms with Crippen LogP contribution in [0.4, 0.5) is 4.39 Å². The minimum atomic E-state index is -3.78. The Morgan fingerprint density at radius 3 is 2.60 bits per heavy atom. The van der Waals surface area contributed by atoms with E-state index in [1.807, 2.05) is 0 Å². The van der Waals surface area contributed by atoms with E-state index in [9.17, 15) is 17.6 Å². The van der Waals surface area contributed by atoms with Crippen molar-refractivity contribution in [3.05, 3.63) is 59.4 Å². The van der Waals surface area contributed by atoms with E-state index in [1.165, 1.54) is 43.4 Å². The maximum atomic E-state index is 13.6. The molecular formula is C17H17FN2O3S2. The van der Waals surface area contributed by atoms with Crippen LogP contribution in [0.5, 0.6) is 0 Å². The molecule has 2 aromatic carbocycles. The molecule has 1 aliphatic heterocycles. The van der Waals surface area contributed by atoms with E-state index < -0.39 is 16.1 Å². The summed E-state index contributed by atoms with van der Waals surface area (Å²) in [6, 6.07) is 9.64. The molecule has 0 saturated carbocycles. The number of nitrogens with one attached hydrogen (secondary N) is 2. The maximum absolute atomic E-state index is 13.6. The van der Waals surface area contributed by atoms with E-state index in [1.54, 1.807) is 17.8 Å². The molecule has 0 bridgehead atoms. The van der Waals surface area contributed by atoms with E-state index in [0.29, 0.717) is 17.5 Å². The summed E-state index contributed by atoms with van der Waals surface area (Å²) in [5.41, 5.74) is 1.03. The van der Waals surface area contributed by atoms with E-state index in [-0.39, 0.29) is 16.6 Å². The van der Waals surface area contributed by atoms with Crippen LogP contribution in [-0.2, 0) is 10.0 Å². The van der Waals surface area contributed by atoms with Crippen LogP contribution >= 0.6 is 11.8 Å². The minimum Gasteiger partial charge on any atom is -0.355 e. The molecule has 132 valence electrons. The first-order valence-corrected chi connectivity index (χ1v) is 10.1. The molecule has 3 rings (SSSR count). The van der Waals surface area contributed by atoms with Gasteiger partial charge in [-0.05, 0) is 60.2 Å². The minimum absolute atomic E-state index is 0.0660. The van der Waals surface area contributed by atoms with Gasteiger partial charge in [0.25, 0.3) is 5.91 Å². The van der Waals surface area contributed by atoms with Gasteiger partial charge in [0.2, 0.25) is 10.0 Å². The van der Waals surface area contributed by atoms with Gasteiger partial charge < -0.3 is 5.32 Å². The molecule has 0 aromatic heterocycles. The Hall–Kier alpha value is -1.90. The first-order valence-electron chi connectivity index (χ1n) is 7.67. The SMILES string of the molecule is CNC(=O)c1ccc(S(=O)(=O)N[C@@H]2CCSc3ccc(F)cc32)cc1. The van der Waals surface area contributed by atoms with Crippen molar-refractivity contribution in [3.8, 4) is 0 Å². The molecule has 1 aliphatic rings. The van der Waals surface area contributed by atoms with Gasteiger partial charge in [-0.25, -0.2) is 17.5 Å². The quantitative estimate of drug-likeness (QED) is 0.855. The topological polar surface area (TPSA) is 75.3 Å². The van der Waals surface area contributed by atoms with Gasteiger partial charge in [-0.3, -0.25) is 4.79 Å². The summed E-state index contributed by atoms with van der Waals surface area (Å²) in [6.07, 6.45) is 0.580. The number of carbonyl (C=O) groups excluding carboxylic acids is 1. The molecule has 8 heteroatoms. The summed E-state index contributed by atoms with van der Waals surface area (Å²) in [5.74, 6) is 0.0764. The summed E-state index contributed by atoms with van der Waals surface area (Å²) in [5, 5.41) is 2.48. The molecule has 2 aromatic rings. The lowest BCUT2D eigenvalue weighted by Gasteiger charge is -2.25. The number of halogens is 1. The van der Waals surface area contributed by atoms with Crippen LogP contribution in [0.1, 0.15) is 28.4 Å². The van der Waals surface area contributed by atoms with Gasteiger partial charge in [0.15, 0.2) is 0 Å². The molecule has 0 fully saturated rings. The zero-order valence-corrected chi connectivity index (χ0v) is 15.1. The molecule has 0 spiro atoms. The molecule has 1 amide bonds. The van der Waals surface area contributed by atoms with Crippen LogP contribution in [0.15, 0.2) is 52.3 Å². The first-order chi connectivity index (χ1) is 11.9. The number of fused-ring (bicyclic) bond motifs is 1. The summed E-state index contributed by atoms with van der Waals surface area (Å²) in [7, 11) is -2.27. The molecule has 0 aliphatic carbocycles. The molecule has 5 nitrogen and oxygen atoms in total. The van der Waals surface area contributed by atoms with Gasteiger partial charge in [-0.15, -0.1) is 11.8 Å². The highest BCUT2D eigenvalue weighted by molar-refractivity contribution is 7.99. The predicted octanol–water partition coefficient (Wildman–Crippen LogP) is 2.70. The lowest BCUT2D eigenvalue weighted by Crippen LogP contribution is -2.31. The third-order valence-electron chi connectivity index (χ3n) is 3.96. The average molecular weight is 380 g/mol. The Morgan fingerprint density at radius 2 is 1.92 bits per heavy atom. The largest absolute Gasteiger partial charge is 0.355 e. The Balaban J connectivity index is 1.85. The van der Waals surface area contributed by atoms with Crippen LogP contribution in [0.3, 0.4) is 0 Å². The zero-order valence-electron chi connectivity index (χ0n) is 13.5. The second-order valence-electron chi connectivity index (χ2n) is 5.60. The van der Waals surface area contributed by atoms with Crippen LogP contribution in [0.25, 0.3) is 0 Å². The van der Waals surface area contributed by atoms with Crippen molar-refractivity contribution in [1.29, 1.82) is 0 Å². The summed E-state index contributed by atoms with van der Waals surface area (Å²) in [4.78, 5) is 12.5. The van der Waals surface area contributed by atoms with Crippen molar-refractivity contribution in [2.75, 3.05) is 12.8 Å². The normalized spacial score (nSPS) is 17.0. The van der Waals surface area contributed by atoms with Crippen molar-refractivity contribution in [2.45, 2.75) is 22.3 Å². The average Bonchev–Trinajstić information content (AvgIpc) is 2.61. The van der Waals surface area contributed by atoms with Gasteiger partial charge >= 0.3 is 0 Å². The van der Waals surface area contributed by atoms with Crippen molar-refractivity contribution in [1.82, 2.24) is 10.0 Å². The van der Waals surface area contributed by atoms with Crippen molar-refractivity contribution in [3.63, 3.8) is 0 Å². The number of rotatable bonds is 4. The van der Waals surface area contributed by atoms with Gasteiger partial charge in [-0.1, -0.05) is 0 Å². The van der Waals surface area contributed by atoms with Gasteiger partial charge in [0.1, 0.15) is 5.82 Å². The molecular weight excluding hydrogens is 363 g/mol. The first kappa shape index (κ1) is 17.9. The van der Waals surface area contributed by atoms with Crippen LogP contribution < -0.4 is 10.0 Å². The van der Waals surface area contributed by atoms with Crippen molar-refractivity contribution >= 4 is 27.7 Å². The highest BCUT2D eigenvalue weighted by Crippen LogP contribution is 2.37. The van der Waals surface area contributed by atoms with Gasteiger partial charge in [0.05, 0.1) is 4.90 Å². The van der Waals surface area contributed by atoms with Crippen LogP contribution in [-0.4, -0.2) is 27.1 Å². The number of hydrogen-bond acceptors (Lipinski definition) is 4. The number of benzene rings is 2. The zero-order chi connectivity index (χ0) is 18.0. The predicted molar refractivity (Wildman–Crippen MR) is 94.6 cm³/mol. The number of carbonyl (C=O) groups is 1. The second kappa shape index (κ2) is 7.15. The molecule has 25 heavy (non-hydrogen) atoms. The molecule has 1 heterocycles. The van der Waals surface area contributed by atoms with E-state index in [2.05, 4.69) is 10.0 Å². The molecule has 0 unspecified atom stereocenters. The van der Waals surface area contributed by atoms with Crippen molar-refractivity contribution in [2.24, 2.45) is 0 Å². The van der Waals surface area contributed by atoms with E-state index >= 15 is 0 Å². The van der Waals surface area contributed by atoms with Gasteiger partial charge in [0, 0.05) is 23.5 Å². The summed E-state index contributed by atoms with van der Waals surface area (Å²) >= 11 is 1.58. The number of hydrogen-bond donors (Lipinski definition) is 2. The molecule has 0 radical (unpaired) electrons. The Morgan fingerprint density at radius 1 is 1.20 bits per heavy atom. The highest BCUT2D eigenvalue weighted by atomic mass is 32.2. The summed E-state index contributed by atoms with van der Waals surface area (Å²) < 4.78 is 41.5. The highest BCUT2D eigenvalue weighted by Gasteiger charge is 2.26. The second-order valence-corrected chi connectivity index (χ2v) is 8.45. The van der Waals surface area contributed by atoms with E-state index in [4.69, 9.17) is 0 Å². The smallest absolute Gasteiger partial charge is 0.251 e. The Labute approximate surface area is 150 Å². The fourth-order valence-corrected chi connectivity index (χ4v) is 5.03. The third kappa shape index (κ3) is 3.86. The number of sulfonamides is 1. The lowest BCUT2D eigenvalue weighted by molar-refractivity contribution is 0.0963. The molecule has 0 saturated heterocycles. The Bertz CT molecular complexity index is 899. The fourth-order valence-electron chi connectivity index (χ4n) is 2.67. The third-order valence-corrected chi connectivity index (χ3v) is 6.57. The van der Waals surface area contributed by atoms with Gasteiger partial charge in [-0.2, -0.15) is 0 Å².